The number of furan rings is 1. The second kappa shape index (κ2) is 3.13. The number of hydrogen-bond donors (Lipinski definition) is 1. The summed E-state index contributed by atoms with van der Waals surface area (Å²) in [6.45, 7) is 0. The average Bonchev–Trinajstić information content (AvgIpc) is 2.93. The molecule has 1 aromatic heterocycles. The quantitative estimate of drug-likeness (QED) is 0.780. The molecule has 1 heterocycles. The minimum atomic E-state index is 0.212. The number of nitrogens with two attached hydrogens (primary N) is 1. The van der Waals surface area contributed by atoms with E-state index in [2.05, 4.69) is 0 Å². The van der Waals surface area contributed by atoms with Crippen molar-refractivity contribution in [1.82, 2.24) is 0 Å². The lowest BCUT2D eigenvalue weighted by Gasteiger charge is -2.26. The summed E-state index contributed by atoms with van der Waals surface area (Å²) < 4.78 is 5.10. The molecule has 1 aromatic rings. The molecule has 0 amide bonds. The Hall–Kier alpha value is -0.760. The maximum Gasteiger partial charge on any atom is 0.0950 e. The largest absolute Gasteiger partial charge is 0.472 e. The zero-order valence-corrected chi connectivity index (χ0v) is 8.36. The number of hydrogen-bond acceptors (Lipinski definition) is 2. The Labute approximate surface area is 84.5 Å². The fourth-order valence-electron chi connectivity index (χ4n) is 3.45. The first-order chi connectivity index (χ1) is 6.84. The molecular formula is C12H17NO. The molecule has 0 spiro atoms. The van der Waals surface area contributed by atoms with E-state index >= 15 is 0 Å². The summed E-state index contributed by atoms with van der Waals surface area (Å²) >= 11 is 0. The summed E-state index contributed by atoms with van der Waals surface area (Å²) in [5, 5.41) is 0. The lowest BCUT2D eigenvalue weighted by molar-refractivity contribution is 0.283. The van der Waals surface area contributed by atoms with E-state index in [1.807, 2.05) is 6.07 Å². The molecule has 2 bridgehead atoms. The molecule has 2 nitrogen and oxygen atoms in total. The van der Waals surface area contributed by atoms with Crippen molar-refractivity contribution in [2.45, 2.75) is 31.7 Å². The van der Waals surface area contributed by atoms with Gasteiger partial charge in [-0.15, -0.1) is 0 Å². The molecule has 2 heteroatoms. The van der Waals surface area contributed by atoms with E-state index in [1.54, 1.807) is 12.5 Å². The summed E-state index contributed by atoms with van der Waals surface area (Å²) in [6.07, 6.45) is 9.15. The average molecular weight is 191 g/mol. The van der Waals surface area contributed by atoms with Crippen molar-refractivity contribution in [2.75, 3.05) is 0 Å². The van der Waals surface area contributed by atoms with Gasteiger partial charge in [-0.25, -0.2) is 0 Å². The van der Waals surface area contributed by atoms with Crippen LogP contribution in [0, 0.1) is 17.8 Å². The van der Waals surface area contributed by atoms with Gasteiger partial charge in [0, 0.05) is 11.6 Å². The highest BCUT2D eigenvalue weighted by molar-refractivity contribution is 5.14. The van der Waals surface area contributed by atoms with Crippen LogP contribution in [0.1, 0.15) is 37.3 Å². The van der Waals surface area contributed by atoms with Crippen molar-refractivity contribution >= 4 is 0 Å². The molecule has 2 fully saturated rings. The van der Waals surface area contributed by atoms with Crippen LogP contribution in [0.5, 0.6) is 0 Å². The predicted octanol–water partition coefficient (Wildman–Crippen LogP) is 2.72. The lowest BCUT2D eigenvalue weighted by atomic mass is 9.81. The lowest BCUT2D eigenvalue weighted by Crippen LogP contribution is -2.25. The van der Waals surface area contributed by atoms with Gasteiger partial charge in [-0.3, -0.25) is 0 Å². The fourth-order valence-corrected chi connectivity index (χ4v) is 3.45. The molecule has 0 radical (unpaired) electrons. The first-order valence-electron chi connectivity index (χ1n) is 5.62. The molecular weight excluding hydrogens is 174 g/mol. The number of fused-ring (bicyclic) bond motifs is 2. The van der Waals surface area contributed by atoms with Crippen LogP contribution in [0.2, 0.25) is 0 Å². The van der Waals surface area contributed by atoms with Crippen LogP contribution in [0.4, 0.5) is 0 Å². The van der Waals surface area contributed by atoms with Gasteiger partial charge < -0.3 is 10.2 Å². The minimum Gasteiger partial charge on any atom is -0.472 e. The summed E-state index contributed by atoms with van der Waals surface area (Å²) in [4.78, 5) is 0. The van der Waals surface area contributed by atoms with Crippen molar-refractivity contribution in [3.63, 3.8) is 0 Å². The van der Waals surface area contributed by atoms with Gasteiger partial charge >= 0.3 is 0 Å². The standard InChI is InChI=1S/C12H17NO/c13-12(10-3-4-14-7-10)11-6-8-1-2-9(11)5-8/h3-4,7-9,11-12H,1-2,5-6,13H2. The van der Waals surface area contributed by atoms with Crippen LogP contribution in [0.15, 0.2) is 23.0 Å². The normalized spacial score (nSPS) is 37.6. The maximum atomic E-state index is 6.27. The maximum absolute atomic E-state index is 6.27. The Morgan fingerprint density at radius 2 is 2.29 bits per heavy atom. The first kappa shape index (κ1) is 8.54. The van der Waals surface area contributed by atoms with Crippen molar-refractivity contribution < 1.29 is 4.42 Å². The van der Waals surface area contributed by atoms with Gasteiger partial charge in [-0.1, -0.05) is 6.42 Å². The molecule has 2 N–H and O–H groups in total. The molecule has 2 aliphatic rings. The SMILES string of the molecule is NC(c1ccoc1)C1CC2CCC1C2. The van der Waals surface area contributed by atoms with Gasteiger partial charge in [0.15, 0.2) is 0 Å². The summed E-state index contributed by atoms with van der Waals surface area (Å²) in [5.74, 6) is 2.58. The van der Waals surface area contributed by atoms with Gasteiger partial charge in [-0.2, -0.15) is 0 Å². The van der Waals surface area contributed by atoms with Crippen LogP contribution < -0.4 is 5.73 Å². The third kappa shape index (κ3) is 1.21. The van der Waals surface area contributed by atoms with Crippen LogP contribution in [-0.4, -0.2) is 0 Å². The van der Waals surface area contributed by atoms with E-state index in [-0.39, 0.29) is 6.04 Å². The third-order valence-corrected chi connectivity index (χ3v) is 4.18. The van der Waals surface area contributed by atoms with Gasteiger partial charge in [0.2, 0.25) is 0 Å². The molecule has 3 rings (SSSR count). The molecule has 0 aliphatic heterocycles. The molecule has 4 atom stereocenters. The van der Waals surface area contributed by atoms with Gasteiger partial charge in [0.1, 0.15) is 0 Å². The van der Waals surface area contributed by atoms with Crippen LogP contribution >= 0.6 is 0 Å². The fraction of sp³-hybridized carbons (Fsp3) is 0.667. The van der Waals surface area contributed by atoms with E-state index < -0.39 is 0 Å². The molecule has 4 unspecified atom stereocenters. The van der Waals surface area contributed by atoms with Gasteiger partial charge in [0.25, 0.3) is 0 Å². The van der Waals surface area contributed by atoms with Gasteiger partial charge in [0.05, 0.1) is 12.5 Å². The van der Waals surface area contributed by atoms with E-state index in [1.165, 1.54) is 31.2 Å². The topological polar surface area (TPSA) is 39.2 Å². The summed E-state index contributed by atoms with van der Waals surface area (Å²) in [7, 11) is 0. The predicted molar refractivity (Wildman–Crippen MR) is 54.6 cm³/mol. The molecule has 0 aromatic carbocycles. The summed E-state index contributed by atoms with van der Waals surface area (Å²) in [5.41, 5.74) is 7.45. The highest BCUT2D eigenvalue weighted by atomic mass is 16.3. The molecule has 2 aliphatic carbocycles. The Balaban J connectivity index is 1.77. The second-order valence-electron chi connectivity index (χ2n) is 4.92. The van der Waals surface area contributed by atoms with Crippen LogP contribution in [-0.2, 0) is 0 Å². The highest BCUT2D eigenvalue weighted by Gasteiger charge is 2.42. The minimum absolute atomic E-state index is 0.212. The summed E-state index contributed by atoms with van der Waals surface area (Å²) in [6, 6.07) is 2.22. The van der Waals surface area contributed by atoms with E-state index in [4.69, 9.17) is 10.2 Å². The highest BCUT2D eigenvalue weighted by Crippen LogP contribution is 2.51. The second-order valence-corrected chi connectivity index (χ2v) is 4.92. The van der Waals surface area contributed by atoms with Crippen molar-refractivity contribution in [3.05, 3.63) is 24.2 Å². The molecule has 2 saturated carbocycles. The molecule has 14 heavy (non-hydrogen) atoms. The Bertz CT molecular complexity index is 306. The van der Waals surface area contributed by atoms with Crippen molar-refractivity contribution in [1.29, 1.82) is 0 Å². The monoisotopic (exact) mass is 191 g/mol. The van der Waals surface area contributed by atoms with Crippen LogP contribution in [0.25, 0.3) is 0 Å². The van der Waals surface area contributed by atoms with Gasteiger partial charge in [-0.05, 0) is 43.1 Å². The molecule has 76 valence electrons. The Kier molecular flexibility index (Phi) is 1.91. The zero-order chi connectivity index (χ0) is 9.54. The van der Waals surface area contributed by atoms with E-state index in [0.29, 0.717) is 5.92 Å². The van der Waals surface area contributed by atoms with Crippen LogP contribution in [0.3, 0.4) is 0 Å². The zero-order valence-electron chi connectivity index (χ0n) is 8.36. The molecule has 0 saturated heterocycles. The van der Waals surface area contributed by atoms with E-state index in [9.17, 15) is 0 Å². The third-order valence-electron chi connectivity index (χ3n) is 4.18. The Morgan fingerprint density at radius 3 is 2.86 bits per heavy atom. The number of rotatable bonds is 2. The Morgan fingerprint density at radius 1 is 1.36 bits per heavy atom. The smallest absolute Gasteiger partial charge is 0.0950 e. The van der Waals surface area contributed by atoms with Crippen molar-refractivity contribution in [3.8, 4) is 0 Å². The van der Waals surface area contributed by atoms with E-state index in [0.717, 1.165) is 11.8 Å². The first-order valence-corrected chi connectivity index (χ1v) is 5.62. The van der Waals surface area contributed by atoms with Crippen molar-refractivity contribution in [2.24, 2.45) is 23.5 Å².